The first-order valence-electron chi connectivity index (χ1n) is 5.02. The number of benzene rings is 2. The summed E-state index contributed by atoms with van der Waals surface area (Å²) in [6.45, 7) is 0. The number of hydrogen-bond donors (Lipinski definition) is 1. The Morgan fingerprint density at radius 2 is 1.72 bits per heavy atom. The van der Waals surface area contributed by atoms with Crippen LogP contribution in [-0.2, 0) is 10.0 Å². The number of sulfonamides is 1. The molecule has 94 valence electrons. The number of hydrogen-bond acceptors (Lipinski definition) is 2. The van der Waals surface area contributed by atoms with Crippen LogP contribution in [0.1, 0.15) is 0 Å². The number of para-hydroxylation sites is 1. The summed E-state index contributed by atoms with van der Waals surface area (Å²) in [4.78, 5) is 0.0439. The second-order valence-corrected chi connectivity index (χ2v) is 6.52. The molecule has 1 N–H and O–H groups in total. The van der Waals surface area contributed by atoms with Crippen molar-refractivity contribution in [1.29, 1.82) is 0 Å². The highest BCUT2D eigenvalue weighted by molar-refractivity contribution is 9.10. The minimum Gasteiger partial charge on any atom is -0.280 e. The summed E-state index contributed by atoms with van der Waals surface area (Å²) in [5.41, 5.74) is 0.494. The summed E-state index contributed by atoms with van der Waals surface area (Å²) < 4.78 is 27.4. The summed E-state index contributed by atoms with van der Waals surface area (Å²) in [6, 6.07) is 13.3. The molecule has 0 saturated carbocycles. The molecule has 0 atom stereocenters. The molecule has 0 aliphatic rings. The van der Waals surface area contributed by atoms with Crippen molar-refractivity contribution in [3.8, 4) is 0 Å². The number of rotatable bonds is 3. The summed E-state index contributed by atoms with van der Waals surface area (Å²) in [5, 5.41) is 0.182. The molecule has 0 amide bonds. The minimum atomic E-state index is -3.68. The summed E-state index contributed by atoms with van der Waals surface area (Å²) >= 11 is 9.13. The molecule has 0 bridgehead atoms. The van der Waals surface area contributed by atoms with Crippen LogP contribution in [0.5, 0.6) is 0 Å². The fourth-order valence-corrected chi connectivity index (χ4v) is 3.50. The van der Waals surface area contributed by atoms with E-state index in [1.54, 1.807) is 30.3 Å². The van der Waals surface area contributed by atoms with Gasteiger partial charge in [0.15, 0.2) is 0 Å². The lowest BCUT2D eigenvalue weighted by Gasteiger charge is -2.09. The Labute approximate surface area is 119 Å². The Morgan fingerprint density at radius 1 is 1.06 bits per heavy atom. The Hall–Kier alpha value is -1.04. The second-order valence-electron chi connectivity index (χ2n) is 3.55. The molecule has 0 unspecified atom stereocenters. The third-order valence-corrected chi connectivity index (χ3v) is 4.56. The predicted octanol–water partition coefficient (Wildman–Crippen LogP) is 3.90. The molecule has 0 aliphatic carbocycles. The fourth-order valence-electron chi connectivity index (χ4n) is 1.40. The lowest BCUT2D eigenvalue weighted by molar-refractivity contribution is 0.601. The maximum Gasteiger partial charge on any atom is 0.263 e. The third-order valence-electron chi connectivity index (χ3n) is 2.21. The highest BCUT2D eigenvalue weighted by Gasteiger charge is 2.18. The molecule has 0 saturated heterocycles. The standard InChI is InChI=1S/C12H9BrClNO2S/c13-9-6-7-11(14)12(8-9)18(16,17)15-10-4-2-1-3-5-10/h1-8,15H. The predicted molar refractivity (Wildman–Crippen MR) is 76.4 cm³/mol. The van der Waals surface area contributed by atoms with Crippen LogP contribution in [0.15, 0.2) is 57.9 Å². The maximum atomic E-state index is 12.2. The van der Waals surface area contributed by atoms with Crippen LogP contribution in [-0.4, -0.2) is 8.42 Å². The van der Waals surface area contributed by atoms with E-state index in [0.717, 1.165) is 0 Å². The molecule has 2 rings (SSSR count). The van der Waals surface area contributed by atoms with Crippen molar-refractivity contribution in [2.45, 2.75) is 4.90 Å². The molecule has 0 radical (unpaired) electrons. The van der Waals surface area contributed by atoms with Gasteiger partial charge in [-0.25, -0.2) is 8.42 Å². The highest BCUT2D eigenvalue weighted by Crippen LogP contribution is 2.26. The van der Waals surface area contributed by atoms with Gasteiger partial charge < -0.3 is 0 Å². The maximum absolute atomic E-state index is 12.2. The Kier molecular flexibility index (Phi) is 3.94. The van der Waals surface area contributed by atoms with Gasteiger partial charge in [0.05, 0.1) is 5.02 Å². The quantitative estimate of drug-likeness (QED) is 0.916. The van der Waals surface area contributed by atoms with Crippen LogP contribution in [0.3, 0.4) is 0 Å². The van der Waals surface area contributed by atoms with Crippen LogP contribution in [0, 0.1) is 0 Å². The van der Waals surface area contributed by atoms with E-state index in [-0.39, 0.29) is 9.92 Å². The normalized spacial score (nSPS) is 11.2. The summed E-state index contributed by atoms with van der Waals surface area (Å²) in [6.07, 6.45) is 0. The first kappa shape index (κ1) is 13.4. The summed E-state index contributed by atoms with van der Waals surface area (Å²) in [7, 11) is -3.68. The summed E-state index contributed by atoms with van der Waals surface area (Å²) in [5.74, 6) is 0. The number of halogens is 2. The van der Waals surface area contributed by atoms with Gasteiger partial charge in [0, 0.05) is 10.2 Å². The van der Waals surface area contributed by atoms with Gasteiger partial charge in [-0.15, -0.1) is 0 Å². The monoisotopic (exact) mass is 345 g/mol. The molecular formula is C12H9BrClNO2S. The van der Waals surface area contributed by atoms with Gasteiger partial charge in [-0.1, -0.05) is 45.7 Å². The Bertz CT molecular complexity index is 659. The van der Waals surface area contributed by atoms with Crippen LogP contribution < -0.4 is 4.72 Å². The van der Waals surface area contributed by atoms with Crippen molar-refractivity contribution in [2.75, 3.05) is 4.72 Å². The minimum absolute atomic E-state index is 0.0439. The molecule has 2 aromatic carbocycles. The molecule has 0 spiro atoms. The number of anilines is 1. The highest BCUT2D eigenvalue weighted by atomic mass is 79.9. The first-order valence-corrected chi connectivity index (χ1v) is 7.67. The van der Waals surface area contributed by atoms with Gasteiger partial charge in [0.25, 0.3) is 10.0 Å². The van der Waals surface area contributed by atoms with Crippen molar-refractivity contribution in [1.82, 2.24) is 0 Å². The van der Waals surface area contributed by atoms with Crippen molar-refractivity contribution in [3.05, 3.63) is 58.0 Å². The fraction of sp³-hybridized carbons (Fsp3) is 0. The number of nitrogens with one attached hydrogen (secondary N) is 1. The van der Waals surface area contributed by atoms with Gasteiger partial charge >= 0.3 is 0 Å². The van der Waals surface area contributed by atoms with E-state index in [2.05, 4.69) is 20.7 Å². The van der Waals surface area contributed by atoms with E-state index >= 15 is 0 Å². The SMILES string of the molecule is O=S(=O)(Nc1ccccc1)c1cc(Br)ccc1Cl. The zero-order chi connectivity index (χ0) is 13.2. The van der Waals surface area contributed by atoms with E-state index in [9.17, 15) is 8.42 Å². The topological polar surface area (TPSA) is 46.2 Å². The average Bonchev–Trinajstić information content (AvgIpc) is 2.33. The lowest BCUT2D eigenvalue weighted by atomic mass is 10.3. The van der Waals surface area contributed by atoms with E-state index in [1.807, 2.05) is 6.07 Å². The van der Waals surface area contributed by atoms with Crippen molar-refractivity contribution >= 4 is 43.2 Å². The molecule has 3 nitrogen and oxygen atoms in total. The van der Waals surface area contributed by atoms with Crippen LogP contribution >= 0.6 is 27.5 Å². The van der Waals surface area contributed by atoms with E-state index in [0.29, 0.717) is 10.2 Å². The molecule has 0 aliphatic heterocycles. The van der Waals surface area contributed by atoms with Crippen molar-refractivity contribution in [2.24, 2.45) is 0 Å². The van der Waals surface area contributed by atoms with Crippen molar-refractivity contribution in [3.63, 3.8) is 0 Å². The largest absolute Gasteiger partial charge is 0.280 e. The molecule has 0 fully saturated rings. The first-order chi connectivity index (χ1) is 8.49. The van der Waals surface area contributed by atoms with Crippen molar-refractivity contribution < 1.29 is 8.42 Å². The van der Waals surface area contributed by atoms with Gasteiger partial charge in [-0.3, -0.25) is 4.72 Å². The van der Waals surface area contributed by atoms with Crippen LogP contribution in [0.25, 0.3) is 0 Å². The van der Waals surface area contributed by atoms with E-state index in [4.69, 9.17) is 11.6 Å². The smallest absolute Gasteiger partial charge is 0.263 e. The van der Waals surface area contributed by atoms with Gasteiger partial charge in [0.1, 0.15) is 4.90 Å². The van der Waals surface area contributed by atoms with Gasteiger partial charge in [-0.2, -0.15) is 0 Å². The molecule has 6 heteroatoms. The molecule has 18 heavy (non-hydrogen) atoms. The van der Waals surface area contributed by atoms with Crippen LogP contribution in [0.2, 0.25) is 5.02 Å². The molecule has 0 heterocycles. The molecule has 0 aromatic heterocycles. The zero-order valence-electron chi connectivity index (χ0n) is 9.10. The third kappa shape index (κ3) is 3.04. The zero-order valence-corrected chi connectivity index (χ0v) is 12.3. The Balaban J connectivity index is 2.40. The second kappa shape index (κ2) is 5.30. The molecular weight excluding hydrogens is 338 g/mol. The van der Waals surface area contributed by atoms with Crippen LogP contribution in [0.4, 0.5) is 5.69 Å². The van der Waals surface area contributed by atoms with E-state index < -0.39 is 10.0 Å². The van der Waals surface area contributed by atoms with Gasteiger partial charge in [0.2, 0.25) is 0 Å². The van der Waals surface area contributed by atoms with E-state index in [1.165, 1.54) is 12.1 Å². The Morgan fingerprint density at radius 3 is 2.39 bits per heavy atom. The lowest BCUT2D eigenvalue weighted by Crippen LogP contribution is -2.13. The molecule has 2 aromatic rings. The average molecular weight is 347 g/mol. The van der Waals surface area contributed by atoms with Gasteiger partial charge in [-0.05, 0) is 30.3 Å².